The molecule has 1 N–H and O–H groups in total. The fraction of sp³-hybridized carbons (Fsp3) is 0.273. The van der Waals surface area contributed by atoms with E-state index in [9.17, 15) is 4.79 Å². The van der Waals surface area contributed by atoms with Crippen molar-refractivity contribution in [2.45, 2.75) is 20.3 Å². The molecule has 1 aromatic heterocycles. The highest BCUT2D eigenvalue weighted by atomic mass is 35.5. The summed E-state index contributed by atoms with van der Waals surface area (Å²) in [6.45, 7) is 4.87. The predicted octanol–water partition coefficient (Wildman–Crippen LogP) is 4.98. The zero-order valence-corrected chi connectivity index (χ0v) is 17.0. The number of ether oxygens (including phenoxy) is 1. The van der Waals surface area contributed by atoms with Gasteiger partial charge in [0, 0.05) is 17.1 Å². The summed E-state index contributed by atoms with van der Waals surface area (Å²) in [6, 6.07) is 16.7. The van der Waals surface area contributed by atoms with Gasteiger partial charge in [-0.15, -0.1) is 0 Å². The Morgan fingerprint density at radius 2 is 1.96 bits per heavy atom. The van der Waals surface area contributed by atoms with Crippen molar-refractivity contribution in [3.8, 4) is 22.7 Å². The van der Waals surface area contributed by atoms with Gasteiger partial charge in [0.25, 0.3) is 5.91 Å². The normalized spacial score (nSPS) is 10.9. The largest absolute Gasteiger partial charge is 0.497 e. The molecule has 6 heteroatoms. The summed E-state index contributed by atoms with van der Waals surface area (Å²) in [5, 5.41) is 8.24. The lowest BCUT2D eigenvalue weighted by molar-refractivity contribution is 0.0944. The molecule has 0 saturated heterocycles. The van der Waals surface area contributed by atoms with Crippen LogP contribution in [0.15, 0.2) is 54.6 Å². The van der Waals surface area contributed by atoms with Crippen LogP contribution in [0.4, 0.5) is 0 Å². The molecule has 3 aromatic rings. The number of amides is 1. The number of aromatic nitrogens is 2. The van der Waals surface area contributed by atoms with E-state index in [0.29, 0.717) is 28.9 Å². The number of nitrogens with one attached hydrogen (secondary N) is 1. The Morgan fingerprint density at radius 1 is 1.18 bits per heavy atom. The number of methoxy groups -OCH3 is 1. The molecular weight excluding hydrogens is 374 g/mol. The van der Waals surface area contributed by atoms with Gasteiger partial charge in [-0.2, -0.15) is 5.10 Å². The second-order valence-corrected chi connectivity index (χ2v) is 7.41. The Morgan fingerprint density at radius 3 is 2.68 bits per heavy atom. The quantitative estimate of drug-likeness (QED) is 0.611. The molecule has 0 aliphatic rings. The molecule has 0 aliphatic heterocycles. The maximum absolute atomic E-state index is 12.8. The third-order valence-electron chi connectivity index (χ3n) is 4.37. The maximum Gasteiger partial charge on any atom is 0.270 e. The van der Waals surface area contributed by atoms with E-state index in [-0.39, 0.29) is 5.91 Å². The maximum atomic E-state index is 12.8. The van der Waals surface area contributed by atoms with Crippen molar-refractivity contribution in [2.75, 3.05) is 13.7 Å². The fourth-order valence-corrected chi connectivity index (χ4v) is 3.02. The van der Waals surface area contributed by atoms with Crippen LogP contribution in [0.3, 0.4) is 0 Å². The second-order valence-electron chi connectivity index (χ2n) is 6.98. The highest BCUT2D eigenvalue weighted by molar-refractivity contribution is 6.30. The number of carbonyl (C=O) groups is 1. The van der Waals surface area contributed by atoms with Gasteiger partial charge in [0.2, 0.25) is 0 Å². The molecule has 0 fully saturated rings. The lowest BCUT2D eigenvalue weighted by Gasteiger charge is -2.09. The average molecular weight is 398 g/mol. The molecule has 0 unspecified atom stereocenters. The summed E-state index contributed by atoms with van der Waals surface area (Å²) in [4.78, 5) is 12.8. The number of benzene rings is 2. The van der Waals surface area contributed by atoms with Gasteiger partial charge in [0.1, 0.15) is 11.4 Å². The van der Waals surface area contributed by atoms with Gasteiger partial charge in [-0.3, -0.25) is 4.79 Å². The molecule has 0 bridgehead atoms. The first-order valence-electron chi connectivity index (χ1n) is 9.26. The third kappa shape index (κ3) is 4.73. The van der Waals surface area contributed by atoms with Crippen LogP contribution in [0.5, 0.6) is 5.75 Å². The molecular formula is C22H24ClN3O2. The minimum absolute atomic E-state index is 0.165. The van der Waals surface area contributed by atoms with Gasteiger partial charge in [-0.1, -0.05) is 43.6 Å². The fourth-order valence-electron chi connectivity index (χ4n) is 2.84. The highest BCUT2D eigenvalue weighted by Crippen LogP contribution is 2.26. The minimum atomic E-state index is -0.165. The number of halogens is 1. The van der Waals surface area contributed by atoms with Crippen LogP contribution in [0, 0.1) is 5.92 Å². The summed E-state index contributed by atoms with van der Waals surface area (Å²) in [7, 11) is 1.62. The molecule has 5 nitrogen and oxygen atoms in total. The summed E-state index contributed by atoms with van der Waals surface area (Å²) < 4.78 is 6.94. The summed E-state index contributed by atoms with van der Waals surface area (Å²) in [5.41, 5.74) is 2.75. The van der Waals surface area contributed by atoms with Gasteiger partial charge >= 0.3 is 0 Å². The molecule has 0 spiro atoms. The Hall–Kier alpha value is -2.79. The predicted molar refractivity (Wildman–Crippen MR) is 112 cm³/mol. The van der Waals surface area contributed by atoms with Crippen LogP contribution in [0.25, 0.3) is 16.9 Å². The zero-order valence-electron chi connectivity index (χ0n) is 16.3. The smallest absolute Gasteiger partial charge is 0.270 e. The van der Waals surface area contributed by atoms with Crippen LogP contribution in [0.1, 0.15) is 30.8 Å². The topological polar surface area (TPSA) is 56.1 Å². The van der Waals surface area contributed by atoms with Gasteiger partial charge in [0.15, 0.2) is 0 Å². The molecule has 0 atom stereocenters. The van der Waals surface area contributed by atoms with Crippen LogP contribution >= 0.6 is 11.6 Å². The molecule has 1 amide bonds. The van der Waals surface area contributed by atoms with Crippen LogP contribution in [-0.4, -0.2) is 29.3 Å². The van der Waals surface area contributed by atoms with Crippen molar-refractivity contribution < 1.29 is 9.53 Å². The van der Waals surface area contributed by atoms with Crippen molar-refractivity contribution in [3.05, 3.63) is 65.3 Å². The highest BCUT2D eigenvalue weighted by Gasteiger charge is 2.18. The number of nitrogens with zero attached hydrogens (tertiary/aromatic N) is 2. The summed E-state index contributed by atoms with van der Waals surface area (Å²) in [6.07, 6.45) is 0.916. The van der Waals surface area contributed by atoms with E-state index >= 15 is 0 Å². The SMILES string of the molecule is COc1cccc(-c2cc(C(=O)NCCC(C)C)n(-c3cccc(Cl)c3)n2)c1. The molecule has 0 saturated carbocycles. The third-order valence-corrected chi connectivity index (χ3v) is 4.60. The van der Waals surface area contributed by atoms with Crippen LogP contribution in [0.2, 0.25) is 5.02 Å². The Kier molecular flexibility index (Phi) is 6.37. The van der Waals surface area contributed by atoms with E-state index in [2.05, 4.69) is 24.3 Å². The van der Waals surface area contributed by atoms with Gasteiger partial charge in [-0.05, 0) is 48.7 Å². The molecule has 2 aromatic carbocycles. The Balaban J connectivity index is 2.00. The number of carbonyl (C=O) groups excluding carboxylic acids is 1. The second kappa shape index (κ2) is 8.93. The van der Waals surface area contributed by atoms with E-state index in [1.54, 1.807) is 30.0 Å². The minimum Gasteiger partial charge on any atom is -0.497 e. The van der Waals surface area contributed by atoms with E-state index in [1.165, 1.54) is 0 Å². The van der Waals surface area contributed by atoms with Gasteiger partial charge in [-0.25, -0.2) is 4.68 Å². The van der Waals surface area contributed by atoms with E-state index < -0.39 is 0 Å². The zero-order chi connectivity index (χ0) is 20.1. The van der Waals surface area contributed by atoms with Gasteiger partial charge in [0.05, 0.1) is 18.5 Å². The lowest BCUT2D eigenvalue weighted by Crippen LogP contribution is -2.27. The van der Waals surface area contributed by atoms with Crippen molar-refractivity contribution in [3.63, 3.8) is 0 Å². The van der Waals surface area contributed by atoms with Crippen molar-refractivity contribution in [2.24, 2.45) is 5.92 Å². The number of rotatable bonds is 7. The molecule has 28 heavy (non-hydrogen) atoms. The monoisotopic (exact) mass is 397 g/mol. The first-order valence-corrected chi connectivity index (χ1v) is 9.64. The molecule has 1 heterocycles. The van der Waals surface area contributed by atoms with E-state index in [1.807, 2.05) is 36.4 Å². The standard InChI is InChI=1S/C22H24ClN3O2/c1-15(2)10-11-24-22(27)21-14-20(16-6-4-9-19(12-16)28-3)25-26(21)18-8-5-7-17(23)13-18/h4-9,12-15H,10-11H2,1-3H3,(H,24,27). The average Bonchev–Trinajstić information content (AvgIpc) is 3.13. The summed E-state index contributed by atoms with van der Waals surface area (Å²) in [5.74, 6) is 1.09. The molecule has 146 valence electrons. The van der Waals surface area contributed by atoms with Crippen molar-refractivity contribution in [1.82, 2.24) is 15.1 Å². The van der Waals surface area contributed by atoms with Crippen molar-refractivity contribution >= 4 is 17.5 Å². The lowest BCUT2D eigenvalue weighted by atomic mass is 10.1. The van der Waals surface area contributed by atoms with Gasteiger partial charge < -0.3 is 10.1 Å². The molecule has 0 aliphatic carbocycles. The molecule has 0 radical (unpaired) electrons. The first kappa shape index (κ1) is 20.0. The summed E-state index contributed by atoms with van der Waals surface area (Å²) >= 11 is 6.15. The Labute approximate surface area is 170 Å². The number of hydrogen-bond donors (Lipinski definition) is 1. The number of hydrogen-bond acceptors (Lipinski definition) is 3. The van der Waals surface area contributed by atoms with E-state index in [0.717, 1.165) is 23.4 Å². The first-order chi connectivity index (χ1) is 13.5. The Bertz CT molecular complexity index is 966. The van der Waals surface area contributed by atoms with Crippen LogP contribution < -0.4 is 10.1 Å². The van der Waals surface area contributed by atoms with E-state index in [4.69, 9.17) is 16.3 Å². The molecule has 3 rings (SSSR count). The van der Waals surface area contributed by atoms with Crippen LogP contribution in [-0.2, 0) is 0 Å². The van der Waals surface area contributed by atoms with Crippen molar-refractivity contribution in [1.29, 1.82) is 0 Å².